The fourth-order valence-electron chi connectivity index (χ4n) is 5.82. The molecule has 3 N–H and O–H groups in total. The number of hydrogen-bond donors (Lipinski definition) is 3. The monoisotopic (exact) mass is 491 g/mol. The van der Waals surface area contributed by atoms with Gasteiger partial charge in [-0.05, 0) is 66.0 Å². The maximum absolute atomic E-state index is 12.8. The van der Waals surface area contributed by atoms with Gasteiger partial charge in [-0.25, -0.2) is 4.79 Å². The highest BCUT2D eigenvalue weighted by Crippen LogP contribution is 2.59. The van der Waals surface area contributed by atoms with Crippen LogP contribution in [0.4, 0.5) is 4.79 Å². The second-order valence-electron chi connectivity index (χ2n) is 10.8. The first kappa shape index (κ1) is 26.1. The van der Waals surface area contributed by atoms with Crippen molar-refractivity contribution < 1.29 is 28.5 Å². The van der Waals surface area contributed by atoms with Crippen molar-refractivity contribution in [2.24, 2.45) is 5.92 Å². The van der Waals surface area contributed by atoms with Crippen LogP contribution in [0.5, 0.6) is 0 Å². The van der Waals surface area contributed by atoms with E-state index in [1.54, 1.807) is 14.2 Å². The fourth-order valence-corrected chi connectivity index (χ4v) is 5.82. The molecule has 0 bridgehead atoms. The van der Waals surface area contributed by atoms with Crippen molar-refractivity contribution in [3.63, 3.8) is 0 Å². The second-order valence-corrected chi connectivity index (χ2v) is 10.8. The molecule has 1 saturated carbocycles. The standard InChI is InChI=1S/C26H41N3O6/c1-16(2)6-11-20-25(3,35-20)23-22(32-5)19(12-13-26(23)15-33-26)34-24(31)29-18-9-7-17(8-10-18)28-21(30)14-27-4/h6,12,17-18,20,22-23,27H,7-11,13-15H2,1-5H3,(H,28,30)(H,29,31)/t17-,18-,20-,22?,23?,25+,26+/m1/s1. The van der Waals surface area contributed by atoms with Crippen LogP contribution in [0.2, 0.25) is 0 Å². The summed E-state index contributed by atoms with van der Waals surface area (Å²) in [5.74, 6) is 0.475. The maximum Gasteiger partial charge on any atom is 0.412 e. The predicted molar refractivity (Wildman–Crippen MR) is 131 cm³/mol. The molecule has 2 saturated heterocycles. The summed E-state index contributed by atoms with van der Waals surface area (Å²) < 4.78 is 23.9. The smallest absolute Gasteiger partial charge is 0.412 e. The third kappa shape index (κ3) is 5.90. The fraction of sp³-hybridized carbons (Fsp3) is 0.769. The molecule has 35 heavy (non-hydrogen) atoms. The van der Waals surface area contributed by atoms with Gasteiger partial charge in [-0.2, -0.15) is 0 Å². The first-order valence-corrected chi connectivity index (χ1v) is 12.8. The van der Waals surface area contributed by atoms with E-state index in [0.29, 0.717) is 25.3 Å². The topological polar surface area (TPSA) is 114 Å². The van der Waals surface area contributed by atoms with Crippen LogP contribution in [0.3, 0.4) is 0 Å². The lowest BCUT2D eigenvalue weighted by Crippen LogP contribution is -2.50. The molecule has 4 aliphatic rings. The van der Waals surface area contributed by atoms with E-state index in [0.717, 1.165) is 32.1 Å². The van der Waals surface area contributed by atoms with E-state index >= 15 is 0 Å². The van der Waals surface area contributed by atoms with Crippen molar-refractivity contribution in [2.75, 3.05) is 27.3 Å². The number of ether oxygens (including phenoxy) is 4. The van der Waals surface area contributed by atoms with E-state index in [-0.39, 0.29) is 35.6 Å². The first-order valence-electron chi connectivity index (χ1n) is 12.8. The Balaban J connectivity index is 1.32. The summed E-state index contributed by atoms with van der Waals surface area (Å²) in [6, 6.07) is 0.176. The van der Waals surface area contributed by atoms with E-state index in [1.165, 1.54) is 5.57 Å². The van der Waals surface area contributed by atoms with E-state index in [1.807, 2.05) is 6.08 Å². The number of hydrogen-bond acceptors (Lipinski definition) is 7. The molecule has 9 nitrogen and oxygen atoms in total. The number of likely N-dealkylation sites (N-methyl/N-ethyl adjacent to an activating group) is 1. The van der Waals surface area contributed by atoms with Crippen LogP contribution in [-0.2, 0) is 23.7 Å². The molecule has 9 heteroatoms. The zero-order valence-electron chi connectivity index (χ0n) is 21.6. The molecular formula is C26H41N3O6. The van der Waals surface area contributed by atoms with Crippen molar-refractivity contribution in [1.29, 1.82) is 0 Å². The van der Waals surface area contributed by atoms with Gasteiger partial charge in [0.05, 0.1) is 25.2 Å². The van der Waals surface area contributed by atoms with Crippen molar-refractivity contribution in [2.45, 2.75) is 94.8 Å². The molecular weight excluding hydrogens is 450 g/mol. The van der Waals surface area contributed by atoms with Crippen molar-refractivity contribution in [1.82, 2.24) is 16.0 Å². The SMILES string of the molecule is CNCC(=O)N[C@H]1CC[C@H](NC(=O)OC2=CC[C@]3(CO3)C([C@@]3(C)O[C@@H]3CC=C(C)C)C2OC)CC1. The molecule has 0 aromatic heterocycles. The summed E-state index contributed by atoms with van der Waals surface area (Å²) in [6.45, 7) is 7.27. The van der Waals surface area contributed by atoms with Gasteiger partial charge in [0, 0.05) is 25.6 Å². The lowest BCUT2D eigenvalue weighted by atomic mass is 9.71. The Morgan fingerprint density at radius 2 is 1.83 bits per heavy atom. The Labute approximate surface area is 208 Å². The number of epoxide rings is 2. The Kier molecular flexibility index (Phi) is 7.90. The van der Waals surface area contributed by atoms with Crippen LogP contribution in [0.1, 0.15) is 59.3 Å². The maximum atomic E-state index is 12.8. The van der Waals surface area contributed by atoms with E-state index in [4.69, 9.17) is 18.9 Å². The number of allylic oxidation sites excluding steroid dienone is 1. The van der Waals surface area contributed by atoms with Crippen LogP contribution in [0, 0.1) is 5.92 Å². The average Bonchev–Trinajstić information content (AvgIpc) is 3.72. The van der Waals surface area contributed by atoms with Gasteiger partial charge in [-0.15, -0.1) is 0 Å². The molecule has 3 fully saturated rings. The number of carbonyl (C=O) groups excluding carboxylic acids is 2. The van der Waals surface area contributed by atoms with E-state index < -0.39 is 17.8 Å². The van der Waals surface area contributed by atoms with Gasteiger partial charge in [-0.3, -0.25) is 4.79 Å². The summed E-state index contributed by atoms with van der Waals surface area (Å²) >= 11 is 0. The van der Waals surface area contributed by atoms with Gasteiger partial charge in [0.2, 0.25) is 5.91 Å². The third-order valence-corrected chi connectivity index (χ3v) is 7.87. The predicted octanol–water partition coefficient (Wildman–Crippen LogP) is 2.56. The third-order valence-electron chi connectivity index (χ3n) is 7.87. The molecule has 2 amide bonds. The Morgan fingerprint density at radius 1 is 1.17 bits per heavy atom. The molecule has 0 radical (unpaired) electrons. The number of alkyl carbamates (subject to hydrolysis) is 1. The molecule has 2 aliphatic heterocycles. The number of rotatable bonds is 9. The summed E-state index contributed by atoms with van der Waals surface area (Å²) in [6.07, 6.45) is 8.11. The van der Waals surface area contributed by atoms with Crippen LogP contribution >= 0.6 is 0 Å². The van der Waals surface area contributed by atoms with E-state index in [2.05, 4.69) is 42.8 Å². The zero-order valence-corrected chi connectivity index (χ0v) is 21.6. The molecule has 2 unspecified atom stereocenters. The highest BCUT2D eigenvalue weighted by molar-refractivity contribution is 5.78. The Hall–Kier alpha value is -1.94. The molecule has 4 rings (SSSR count). The normalized spacial score (nSPS) is 37.7. The lowest BCUT2D eigenvalue weighted by Gasteiger charge is -2.38. The highest BCUT2D eigenvalue weighted by atomic mass is 16.6. The summed E-state index contributed by atoms with van der Waals surface area (Å²) in [7, 11) is 3.40. The van der Waals surface area contributed by atoms with Gasteiger partial charge in [-0.1, -0.05) is 11.6 Å². The minimum Gasteiger partial charge on any atom is -0.412 e. The van der Waals surface area contributed by atoms with Gasteiger partial charge in [0.25, 0.3) is 0 Å². The minimum absolute atomic E-state index is 0.00144. The number of amides is 2. The average molecular weight is 492 g/mol. The summed E-state index contributed by atoms with van der Waals surface area (Å²) in [4.78, 5) is 24.6. The number of carbonyl (C=O) groups is 2. The van der Waals surface area contributed by atoms with Gasteiger partial charge in [0.15, 0.2) is 0 Å². The van der Waals surface area contributed by atoms with Crippen molar-refractivity contribution in [3.05, 3.63) is 23.5 Å². The van der Waals surface area contributed by atoms with Crippen molar-refractivity contribution in [3.8, 4) is 0 Å². The Bertz CT molecular complexity index is 857. The van der Waals surface area contributed by atoms with Crippen LogP contribution in [-0.4, -0.2) is 74.8 Å². The van der Waals surface area contributed by atoms with Crippen molar-refractivity contribution >= 4 is 12.0 Å². The zero-order chi connectivity index (χ0) is 25.2. The van der Waals surface area contributed by atoms with Crippen LogP contribution < -0.4 is 16.0 Å². The molecule has 2 aliphatic carbocycles. The molecule has 2 heterocycles. The summed E-state index contributed by atoms with van der Waals surface area (Å²) in [5, 5.41) is 8.89. The van der Waals surface area contributed by atoms with Gasteiger partial charge >= 0.3 is 6.09 Å². The minimum atomic E-state index is -0.463. The van der Waals surface area contributed by atoms with Crippen LogP contribution in [0.15, 0.2) is 23.5 Å². The summed E-state index contributed by atoms with van der Waals surface area (Å²) in [5.41, 5.74) is 0.565. The number of methoxy groups -OCH3 is 1. The molecule has 196 valence electrons. The molecule has 5 atom stereocenters. The molecule has 0 aromatic carbocycles. The largest absolute Gasteiger partial charge is 0.412 e. The van der Waals surface area contributed by atoms with Gasteiger partial charge < -0.3 is 34.9 Å². The second kappa shape index (κ2) is 10.6. The number of nitrogens with one attached hydrogen (secondary N) is 3. The van der Waals surface area contributed by atoms with E-state index in [9.17, 15) is 9.59 Å². The first-order chi connectivity index (χ1) is 16.7. The molecule has 0 aromatic rings. The Morgan fingerprint density at radius 3 is 2.40 bits per heavy atom. The quantitative estimate of drug-likeness (QED) is 0.336. The molecule has 1 spiro atoms. The van der Waals surface area contributed by atoms with Gasteiger partial charge in [0.1, 0.15) is 23.1 Å². The lowest BCUT2D eigenvalue weighted by molar-refractivity contribution is -0.121. The highest BCUT2D eigenvalue weighted by Gasteiger charge is 2.71. The van der Waals surface area contributed by atoms with Crippen LogP contribution in [0.25, 0.3) is 0 Å².